The number of hydrogen-bond donors (Lipinski definition) is 2. The van der Waals surface area contributed by atoms with E-state index >= 15 is 0 Å². The molecule has 0 radical (unpaired) electrons. The van der Waals surface area contributed by atoms with Gasteiger partial charge >= 0.3 is 0 Å². The Hall–Kier alpha value is -1.53. The fourth-order valence-electron chi connectivity index (χ4n) is 2.42. The van der Waals surface area contributed by atoms with Gasteiger partial charge in [-0.2, -0.15) is 0 Å². The number of nitrogens with one attached hydrogen (secondary N) is 2. The van der Waals surface area contributed by atoms with Crippen LogP contribution in [0.3, 0.4) is 0 Å². The molecule has 0 spiro atoms. The topological polar surface area (TPSA) is 44.9 Å². The van der Waals surface area contributed by atoms with E-state index in [1.165, 1.54) is 10.9 Å². The summed E-state index contributed by atoms with van der Waals surface area (Å²) in [7, 11) is 0. The minimum atomic E-state index is -0.0686. The van der Waals surface area contributed by atoms with Crippen LogP contribution in [-0.4, -0.2) is 17.4 Å². The SMILES string of the molecule is O=C(NCCc1c[nH]c2ccccc12)c1ccc(Cl)cc1I. The summed E-state index contributed by atoms with van der Waals surface area (Å²) >= 11 is 8.03. The van der Waals surface area contributed by atoms with Crippen LogP contribution in [0.15, 0.2) is 48.7 Å². The molecule has 0 aliphatic rings. The average Bonchev–Trinajstić information content (AvgIpc) is 2.90. The van der Waals surface area contributed by atoms with Crippen LogP contribution in [0.5, 0.6) is 0 Å². The van der Waals surface area contributed by atoms with Crippen molar-refractivity contribution in [3.8, 4) is 0 Å². The molecule has 22 heavy (non-hydrogen) atoms. The molecule has 0 aliphatic carbocycles. The van der Waals surface area contributed by atoms with E-state index in [1.54, 1.807) is 18.2 Å². The standard InChI is InChI=1S/C17H14ClIN2O/c18-12-5-6-14(15(19)9-12)17(22)20-8-7-11-10-21-16-4-2-1-3-13(11)16/h1-6,9-10,21H,7-8H2,(H,20,22). The summed E-state index contributed by atoms with van der Waals surface area (Å²) in [5.74, 6) is -0.0686. The highest BCUT2D eigenvalue weighted by atomic mass is 127. The van der Waals surface area contributed by atoms with Gasteiger partial charge < -0.3 is 10.3 Å². The molecule has 0 saturated heterocycles. The number of hydrogen-bond acceptors (Lipinski definition) is 1. The lowest BCUT2D eigenvalue weighted by Crippen LogP contribution is -2.26. The Kier molecular flexibility index (Phi) is 4.69. The summed E-state index contributed by atoms with van der Waals surface area (Å²) in [6.45, 7) is 0.597. The molecule has 0 bridgehead atoms. The maximum Gasteiger partial charge on any atom is 0.252 e. The number of carbonyl (C=O) groups excluding carboxylic acids is 1. The Morgan fingerprint density at radius 2 is 2.05 bits per heavy atom. The average molecular weight is 425 g/mol. The van der Waals surface area contributed by atoms with Gasteiger partial charge in [0.15, 0.2) is 0 Å². The quantitative estimate of drug-likeness (QED) is 0.599. The van der Waals surface area contributed by atoms with Crippen LogP contribution >= 0.6 is 34.2 Å². The van der Waals surface area contributed by atoms with Gasteiger partial charge in [-0.25, -0.2) is 0 Å². The molecule has 0 unspecified atom stereocenters. The Bertz CT molecular complexity index is 828. The number of amides is 1. The predicted molar refractivity (Wildman–Crippen MR) is 98.5 cm³/mol. The Labute approximate surface area is 147 Å². The van der Waals surface area contributed by atoms with Crippen LogP contribution in [0.25, 0.3) is 10.9 Å². The van der Waals surface area contributed by atoms with Gasteiger partial charge in [0.1, 0.15) is 0 Å². The molecule has 2 aromatic carbocycles. The molecule has 0 atom stereocenters. The molecule has 3 rings (SSSR count). The maximum absolute atomic E-state index is 12.2. The van der Waals surface area contributed by atoms with E-state index in [1.807, 2.05) is 24.4 Å². The van der Waals surface area contributed by atoms with E-state index in [9.17, 15) is 4.79 Å². The largest absolute Gasteiger partial charge is 0.361 e. The van der Waals surface area contributed by atoms with Crippen LogP contribution in [0.4, 0.5) is 0 Å². The molecule has 112 valence electrons. The van der Waals surface area contributed by atoms with Gasteiger partial charge in [-0.3, -0.25) is 4.79 Å². The van der Waals surface area contributed by atoms with Gasteiger partial charge in [0, 0.05) is 32.2 Å². The number of carbonyl (C=O) groups is 1. The van der Waals surface area contributed by atoms with E-state index in [0.29, 0.717) is 17.1 Å². The molecule has 3 aromatic rings. The summed E-state index contributed by atoms with van der Waals surface area (Å²) in [4.78, 5) is 15.4. The second kappa shape index (κ2) is 6.71. The molecule has 0 fully saturated rings. The molecule has 1 aromatic heterocycles. The third-order valence-corrected chi connectivity index (χ3v) is 4.66. The fourth-order valence-corrected chi connectivity index (χ4v) is 3.53. The van der Waals surface area contributed by atoms with Crippen molar-refractivity contribution in [3.63, 3.8) is 0 Å². The lowest BCUT2D eigenvalue weighted by atomic mass is 10.1. The van der Waals surface area contributed by atoms with Crippen LogP contribution in [0.2, 0.25) is 5.02 Å². The minimum absolute atomic E-state index is 0.0686. The Balaban J connectivity index is 1.64. The van der Waals surface area contributed by atoms with Gasteiger partial charge in [0.25, 0.3) is 5.91 Å². The van der Waals surface area contributed by atoms with E-state index in [-0.39, 0.29) is 5.91 Å². The molecular weight excluding hydrogens is 411 g/mol. The number of para-hydroxylation sites is 1. The van der Waals surface area contributed by atoms with Crippen molar-refractivity contribution < 1.29 is 4.79 Å². The third kappa shape index (κ3) is 3.28. The first kappa shape index (κ1) is 15.4. The van der Waals surface area contributed by atoms with E-state index in [2.05, 4.69) is 39.0 Å². The molecule has 1 heterocycles. The van der Waals surface area contributed by atoms with Gasteiger partial charge in [-0.15, -0.1) is 0 Å². The summed E-state index contributed by atoms with van der Waals surface area (Å²) in [6.07, 6.45) is 2.79. The molecule has 3 nitrogen and oxygen atoms in total. The van der Waals surface area contributed by atoms with Crippen molar-refractivity contribution in [1.82, 2.24) is 10.3 Å². The highest BCUT2D eigenvalue weighted by Gasteiger charge is 2.10. The highest BCUT2D eigenvalue weighted by molar-refractivity contribution is 14.1. The van der Waals surface area contributed by atoms with Crippen molar-refractivity contribution in [1.29, 1.82) is 0 Å². The summed E-state index contributed by atoms with van der Waals surface area (Å²) < 4.78 is 0.856. The minimum Gasteiger partial charge on any atom is -0.361 e. The molecule has 0 saturated carbocycles. The van der Waals surface area contributed by atoms with Crippen molar-refractivity contribution in [3.05, 3.63) is 68.4 Å². The maximum atomic E-state index is 12.2. The lowest BCUT2D eigenvalue weighted by molar-refractivity contribution is 0.0953. The second-order valence-electron chi connectivity index (χ2n) is 4.99. The third-order valence-electron chi connectivity index (χ3n) is 3.53. The zero-order valence-corrected chi connectivity index (χ0v) is 14.6. The van der Waals surface area contributed by atoms with Crippen molar-refractivity contribution in [2.24, 2.45) is 0 Å². The van der Waals surface area contributed by atoms with Crippen LogP contribution in [0.1, 0.15) is 15.9 Å². The van der Waals surface area contributed by atoms with E-state index in [4.69, 9.17) is 11.6 Å². The first-order chi connectivity index (χ1) is 10.6. The van der Waals surface area contributed by atoms with E-state index < -0.39 is 0 Å². The van der Waals surface area contributed by atoms with Crippen LogP contribution in [-0.2, 0) is 6.42 Å². The number of benzene rings is 2. The zero-order valence-electron chi connectivity index (χ0n) is 11.7. The molecule has 0 aliphatic heterocycles. The van der Waals surface area contributed by atoms with Gasteiger partial charge in [0.05, 0.1) is 5.56 Å². The number of H-pyrrole nitrogens is 1. The van der Waals surface area contributed by atoms with Crippen LogP contribution < -0.4 is 5.32 Å². The summed E-state index contributed by atoms with van der Waals surface area (Å²) in [5.41, 5.74) is 2.99. The monoisotopic (exact) mass is 424 g/mol. The number of halogens is 2. The predicted octanol–water partition coefficient (Wildman–Crippen LogP) is 4.40. The molecule has 2 N–H and O–H groups in total. The zero-order chi connectivity index (χ0) is 15.5. The first-order valence-electron chi connectivity index (χ1n) is 6.93. The summed E-state index contributed by atoms with van der Waals surface area (Å²) in [6, 6.07) is 13.4. The van der Waals surface area contributed by atoms with Crippen molar-refractivity contribution in [2.45, 2.75) is 6.42 Å². The number of rotatable bonds is 4. The fraction of sp³-hybridized carbons (Fsp3) is 0.118. The number of aromatic nitrogens is 1. The second-order valence-corrected chi connectivity index (χ2v) is 6.59. The summed E-state index contributed by atoms with van der Waals surface area (Å²) in [5, 5.41) is 4.81. The highest BCUT2D eigenvalue weighted by Crippen LogP contribution is 2.19. The van der Waals surface area contributed by atoms with Gasteiger partial charge in [-0.05, 0) is 58.8 Å². The molecule has 1 amide bonds. The molecule has 5 heteroatoms. The lowest BCUT2D eigenvalue weighted by Gasteiger charge is -2.07. The molecular formula is C17H14ClIN2O. The Morgan fingerprint density at radius 1 is 1.23 bits per heavy atom. The smallest absolute Gasteiger partial charge is 0.252 e. The van der Waals surface area contributed by atoms with Crippen molar-refractivity contribution >= 4 is 51.0 Å². The van der Waals surface area contributed by atoms with Gasteiger partial charge in [-0.1, -0.05) is 29.8 Å². The normalized spacial score (nSPS) is 10.8. The Morgan fingerprint density at radius 3 is 2.86 bits per heavy atom. The number of fused-ring (bicyclic) bond motifs is 1. The van der Waals surface area contributed by atoms with Crippen molar-refractivity contribution in [2.75, 3.05) is 6.54 Å². The van der Waals surface area contributed by atoms with Crippen LogP contribution in [0, 0.1) is 3.57 Å². The first-order valence-corrected chi connectivity index (χ1v) is 8.39. The number of aromatic amines is 1. The van der Waals surface area contributed by atoms with Gasteiger partial charge in [0.2, 0.25) is 0 Å². The van der Waals surface area contributed by atoms with E-state index in [0.717, 1.165) is 15.5 Å².